The summed E-state index contributed by atoms with van der Waals surface area (Å²) in [5.74, 6) is 0.552. The van der Waals surface area contributed by atoms with Crippen molar-refractivity contribution in [3.63, 3.8) is 0 Å². The molecule has 0 aromatic carbocycles. The standard InChI is InChI=1S/C13H21NO3/c1-9(11-7-6-8-16-11)14-10(2)12(15)17-13(3,4)5/h6-10,14H,1-5H3/t9-,10?/m1/s1. The lowest BCUT2D eigenvalue weighted by Gasteiger charge is -2.24. The quantitative estimate of drug-likeness (QED) is 0.821. The average molecular weight is 239 g/mol. The van der Waals surface area contributed by atoms with Crippen LogP contribution in [0.4, 0.5) is 0 Å². The normalized spacial score (nSPS) is 15.4. The van der Waals surface area contributed by atoms with Gasteiger partial charge < -0.3 is 9.15 Å². The molecule has 1 aromatic heterocycles. The summed E-state index contributed by atoms with van der Waals surface area (Å²) >= 11 is 0. The van der Waals surface area contributed by atoms with Crippen molar-refractivity contribution in [1.29, 1.82) is 0 Å². The van der Waals surface area contributed by atoms with Crippen molar-refractivity contribution in [2.75, 3.05) is 0 Å². The van der Waals surface area contributed by atoms with E-state index in [9.17, 15) is 4.79 Å². The number of hydrogen-bond acceptors (Lipinski definition) is 4. The van der Waals surface area contributed by atoms with E-state index in [0.717, 1.165) is 5.76 Å². The summed E-state index contributed by atoms with van der Waals surface area (Å²) in [6, 6.07) is 3.31. The second kappa shape index (κ2) is 5.36. The fourth-order valence-corrected chi connectivity index (χ4v) is 1.45. The number of esters is 1. The summed E-state index contributed by atoms with van der Waals surface area (Å²) in [4.78, 5) is 11.7. The zero-order valence-electron chi connectivity index (χ0n) is 11.1. The predicted molar refractivity (Wildman–Crippen MR) is 65.6 cm³/mol. The van der Waals surface area contributed by atoms with Gasteiger partial charge in [0, 0.05) is 0 Å². The Hall–Kier alpha value is -1.29. The van der Waals surface area contributed by atoms with E-state index in [-0.39, 0.29) is 18.1 Å². The lowest BCUT2D eigenvalue weighted by molar-refractivity contribution is -0.157. The lowest BCUT2D eigenvalue weighted by atomic mass is 10.2. The molecule has 0 bridgehead atoms. The maximum absolute atomic E-state index is 11.7. The number of nitrogens with one attached hydrogen (secondary N) is 1. The maximum Gasteiger partial charge on any atom is 0.323 e. The van der Waals surface area contributed by atoms with Crippen LogP contribution < -0.4 is 5.32 Å². The Morgan fingerprint density at radius 2 is 2.06 bits per heavy atom. The Morgan fingerprint density at radius 1 is 1.41 bits per heavy atom. The van der Waals surface area contributed by atoms with Crippen LogP contribution >= 0.6 is 0 Å². The van der Waals surface area contributed by atoms with E-state index in [1.807, 2.05) is 39.8 Å². The minimum Gasteiger partial charge on any atom is -0.468 e. The van der Waals surface area contributed by atoms with E-state index in [1.165, 1.54) is 0 Å². The van der Waals surface area contributed by atoms with Gasteiger partial charge in [-0.1, -0.05) is 0 Å². The highest BCUT2D eigenvalue weighted by atomic mass is 16.6. The van der Waals surface area contributed by atoms with Crippen LogP contribution in [0.1, 0.15) is 46.4 Å². The van der Waals surface area contributed by atoms with Crippen molar-refractivity contribution >= 4 is 5.97 Å². The molecule has 0 radical (unpaired) electrons. The topological polar surface area (TPSA) is 51.5 Å². The molecule has 0 aliphatic rings. The van der Waals surface area contributed by atoms with Crippen LogP contribution in [0, 0.1) is 0 Å². The SMILES string of the molecule is CC(N[C@H](C)c1ccco1)C(=O)OC(C)(C)C. The molecule has 0 aliphatic carbocycles. The first-order valence-corrected chi connectivity index (χ1v) is 5.82. The van der Waals surface area contributed by atoms with Crippen molar-refractivity contribution in [3.05, 3.63) is 24.2 Å². The van der Waals surface area contributed by atoms with Crippen LogP contribution in [0.3, 0.4) is 0 Å². The Kier molecular flexibility index (Phi) is 4.34. The highest BCUT2D eigenvalue weighted by Gasteiger charge is 2.23. The predicted octanol–water partition coefficient (Wildman–Crippen LogP) is 2.66. The van der Waals surface area contributed by atoms with Gasteiger partial charge >= 0.3 is 5.97 Å². The number of rotatable bonds is 4. The van der Waals surface area contributed by atoms with Gasteiger partial charge in [0.15, 0.2) is 0 Å². The second-order valence-electron chi connectivity index (χ2n) is 5.16. The molecule has 1 aromatic rings. The van der Waals surface area contributed by atoms with Crippen molar-refractivity contribution in [1.82, 2.24) is 5.32 Å². The smallest absolute Gasteiger partial charge is 0.323 e. The summed E-state index contributed by atoms with van der Waals surface area (Å²) in [5, 5.41) is 3.14. The minimum absolute atomic E-state index is 0.0208. The Bertz CT molecular complexity index is 351. The summed E-state index contributed by atoms with van der Waals surface area (Å²) < 4.78 is 10.5. The molecule has 0 aliphatic heterocycles. The third kappa shape index (κ3) is 4.61. The number of carbonyl (C=O) groups excluding carboxylic acids is 1. The molecule has 1 N–H and O–H groups in total. The highest BCUT2D eigenvalue weighted by Crippen LogP contribution is 2.14. The van der Waals surface area contributed by atoms with Crippen LogP contribution in [0.5, 0.6) is 0 Å². The third-order valence-electron chi connectivity index (χ3n) is 2.23. The third-order valence-corrected chi connectivity index (χ3v) is 2.23. The fraction of sp³-hybridized carbons (Fsp3) is 0.615. The first kappa shape index (κ1) is 13.8. The molecule has 0 amide bonds. The van der Waals surface area contributed by atoms with E-state index in [1.54, 1.807) is 13.2 Å². The van der Waals surface area contributed by atoms with Crippen molar-refractivity contribution in [2.45, 2.75) is 52.3 Å². The van der Waals surface area contributed by atoms with Gasteiger partial charge in [0.25, 0.3) is 0 Å². The zero-order chi connectivity index (χ0) is 13.1. The van der Waals surface area contributed by atoms with Crippen LogP contribution in [0.15, 0.2) is 22.8 Å². The van der Waals surface area contributed by atoms with Gasteiger partial charge in [0.05, 0.1) is 12.3 Å². The summed E-state index contributed by atoms with van der Waals surface area (Å²) in [6.45, 7) is 9.29. The van der Waals surface area contributed by atoms with Gasteiger partial charge in [0.1, 0.15) is 17.4 Å². The van der Waals surface area contributed by atoms with Crippen molar-refractivity contribution < 1.29 is 13.9 Å². The molecule has 1 heterocycles. The minimum atomic E-state index is -0.457. The van der Waals surface area contributed by atoms with E-state index in [4.69, 9.17) is 9.15 Å². The van der Waals surface area contributed by atoms with Crippen molar-refractivity contribution in [2.24, 2.45) is 0 Å². The van der Waals surface area contributed by atoms with Gasteiger partial charge in [-0.3, -0.25) is 10.1 Å². The van der Waals surface area contributed by atoms with Crippen LogP contribution in [-0.4, -0.2) is 17.6 Å². The van der Waals surface area contributed by atoms with E-state index in [0.29, 0.717) is 0 Å². The number of ether oxygens (including phenoxy) is 1. The molecule has 1 rings (SSSR count). The summed E-state index contributed by atoms with van der Waals surface area (Å²) in [5.41, 5.74) is -0.457. The molecular formula is C13H21NO3. The molecule has 4 nitrogen and oxygen atoms in total. The molecule has 1 unspecified atom stereocenters. The number of hydrogen-bond donors (Lipinski definition) is 1. The Balaban J connectivity index is 2.49. The van der Waals surface area contributed by atoms with Gasteiger partial charge in [-0.2, -0.15) is 0 Å². The second-order valence-corrected chi connectivity index (χ2v) is 5.16. The molecule has 0 saturated carbocycles. The van der Waals surface area contributed by atoms with Gasteiger partial charge in [-0.15, -0.1) is 0 Å². The van der Waals surface area contributed by atoms with E-state index >= 15 is 0 Å². The average Bonchev–Trinajstić information content (AvgIpc) is 2.67. The Labute approximate surface area is 102 Å². The summed E-state index contributed by atoms with van der Waals surface area (Å²) in [6.07, 6.45) is 1.62. The number of carbonyl (C=O) groups is 1. The van der Waals surface area contributed by atoms with E-state index < -0.39 is 5.60 Å². The number of furan rings is 1. The lowest BCUT2D eigenvalue weighted by Crippen LogP contribution is -2.40. The molecule has 2 atom stereocenters. The molecule has 0 fully saturated rings. The fourth-order valence-electron chi connectivity index (χ4n) is 1.45. The Morgan fingerprint density at radius 3 is 2.53 bits per heavy atom. The highest BCUT2D eigenvalue weighted by molar-refractivity contribution is 5.75. The van der Waals surface area contributed by atoms with Gasteiger partial charge in [-0.25, -0.2) is 0 Å². The monoisotopic (exact) mass is 239 g/mol. The molecule has 0 saturated heterocycles. The molecular weight excluding hydrogens is 218 g/mol. The maximum atomic E-state index is 11.7. The summed E-state index contributed by atoms with van der Waals surface area (Å²) in [7, 11) is 0. The van der Waals surface area contributed by atoms with Gasteiger partial charge in [-0.05, 0) is 46.8 Å². The van der Waals surface area contributed by atoms with Gasteiger partial charge in [0.2, 0.25) is 0 Å². The zero-order valence-corrected chi connectivity index (χ0v) is 11.1. The largest absolute Gasteiger partial charge is 0.468 e. The first-order valence-electron chi connectivity index (χ1n) is 5.82. The first-order chi connectivity index (χ1) is 7.79. The van der Waals surface area contributed by atoms with Crippen molar-refractivity contribution in [3.8, 4) is 0 Å². The molecule has 96 valence electrons. The van der Waals surface area contributed by atoms with Crippen LogP contribution in [0.2, 0.25) is 0 Å². The molecule has 17 heavy (non-hydrogen) atoms. The molecule has 0 spiro atoms. The molecule has 4 heteroatoms. The van der Waals surface area contributed by atoms with Crippen LogP contribution in [0.25, 0.3) is 0 Å². The van der Waals surface area contributed by atoms with E-state index in [2.05, 4.69) is 5.32 Å². The van der Waals surface area contributed by atoms with Crippen LogP contribution in [-0.2, 0) is 9.53 Å².